The van der Waals surface area contributed by atoms with Crippen LogP contribution in [-0.4, -0.2) is 49.6 Å². The molecule has 0 amide bonds. The predicted molar refractivity (Wildman–Crippen MR) is 75.6 cm³/mol. The number of methoxy groups -OCH3 is 1. The van der Waals surface area contributed by atoms with Crippen LogP contribution in [0.25, 0.3) is 0 Å². The lowest BCUT2D eigenvalue weighted by Crippen LogP contribution is -2.39. The van der Waals surface area contributed by atoms with Gasteiger partial charge in [0.05, 0.1) is 6.10 Å². The Kier molecular flexibility index (Phi) is 4.66. The number of aromatic nitrogens is 2. The maximum absolute atomic E-state index is 5.45. The monoisotopic (exact) mass is 268 g/mol. The van der Waals surface area contributed by atoms with Crippen molar-refractivity contribution >= 4 is 23.4 Å². The van der Waals surface area contributed by atoms with Crippen LogP contribution in [0.2, 0.25) is 0 Å². The first-order valence-corrected chi connectivity index (χ1v) is 7.38. The molecule has 0 aliphatic carbocycles. The Morgan fingerprint density at radius 2 is 2.33 bits per heavy atom. The normalized spacial score (nSPS) is 19.9. The summed E-state index contributed by atoms with van der Waals surface area (Å²) in [6.07, 6.45) is 4.58. The van der Waals surface area contributed by atoms with Gasteiger partial charge in [0.2, 0.25) is 0 Å². The van der Waals surface area contributed by atoms with E-state index in [4.69, 9.17) is 4.74 Å². The van der Waals surface area contributed by atoms with Crippen LogP contribution in [0.4, 0.5) is 11.6 Å². The quantitative estimate of drug-likeness (QED) is 0.664. The summed E-state index contributed by atoms with van der Waals surface area (Å²) in [4.78, 5) is 11.2. The maximum Gasteiger partial charge on any atom is 0.191 e. The van der Waals surface area contributed by atoms with Gasteiger partial charge < -0.3 is 15.0 Å². The summed E-state index contributed by atoms with van der Waals surface area (Å²) in [5.41, 5.74) is 0. The fraction of sp³-hybridized carbons (Fsp3) is 0.667. The molecular formula is C12H20N4OS. The van der Waals surface area contributed by atoms with Crippen LogP contribution in [0.15, 0.2) is 11.2 Å². The number of nitrogens with one attached hydrogen (secondary N) is 1. The molecule has 1 aliphatic heterocycles. The Morgan fingerprint density at radius 1 is 1.50 bits per heavy atom. The van der Waals surface area contributed by atoms with Gasteiger partial charge in [0, 0.05) is 33.3 Å². The predicted octanol–water partition coefficient (Wildman–Crippen LogP) is 1.86. The average Bonchev–Trinajstić information content (AvgIpc) is 2.46. The zero-order valence-electron chi connectivity index (χ0n) is 11.1. The smallest absolute Gasteiger partial charge is 0.191 e. The molecule has 2 heterocycles. The van der Waals surface area contributed by atoms with Gasteiger partial charge in [-0.2, -0.15) is 0 Å². The molecule has 0 spiro atoms. The first kappa shape index (κ1) is 13.4. The average molecular weight is 268 g/mol. The first-order chi connectivity index (χ1) is 8.76. The van der Waals surface area contributed by atoms with E-state index in [0.29, 0.717) is 6.10 Å². The van der Waals surface area contributed by atoms with Crippen LogP contribution in [0.3, 0.4) is 0 Å². The van der Waals surface area contributed by atoms with Gasteiger partial charge in [-0.1, -0.05) is 11.8 Å². The van der Waals surface area contributed by atoms with E-state index >= 15 is 0 Å². The van der Waals surface area contributed by atoms with Crippen molar-refractivity contribution in [2.75, 3.05) is 43.7 Å². The lowest BCUT2D eigenvalue weighted by atomic mass is 10.1. The van der Waals surface area contributed by atoms with Crippen LogP contribution < -0.4 is 10.2 Å². The number of hydrogen-bond donors (Lipinski definition) is 1. The van der Waals surface area contributed by atoms with Crippen LogP contribution in [0, 0.1) is 0 Å². The van der Waals surface area contributed by atoms with Crippen LogP contribution in [0.1, 0.15) is 12.8 Å². The third-order valence-corrected chi connectivity index (χ3v) is 3.71. The fourth-order valence-electron chi connectivity index (χ4n) is 2.13. The highest BCUT2D eigenvalue weighted by atomic mass is 32.2. The van der Waals surface area contributed by atoms with Crippen LogP contribution in [-0.2, 0) is 4.74 Å². The molecule has 6 heteroatoms. The van der Waals surface area contributed by atoms with Crippen LogP contribution in [0.5, 0.6) is 0 Å². The SMILES string of the molecule is CNc1cc(N2CCCC(OC)C2)nc(SC)n1. The molecule has 1 aromatic rings. The Morgan fingerprint density at radius 3 is 3.00 bits per heavy atom. The second-order valence-corrected chi connectivity index (χ2v) is 5.07. The van der Waals surface area contributed by atoms with Gasteiger partial charge in [0.15, 0.2) is 5.16 Å². The number of anilines is 2. The highest BCUT2D eigenvalue weighted by Gasteiger charge is 2.21. The summed E-state index contributed by atoms with van der Waals surface area (Å²) in [5.74, 6) is 1.85. The lowest BCUT2D eigenvalue weighted by molar-refractivity contribution is 0.0891. The second kappa shape index (κ2) is 6.24. The molecule has 0 aromatic carbocycles. The number of hydrogen-bond acceptors (Lipinski definition) is 6. The van der Waals surface area contributed by atoms with Crippen molar-refractivity contribution in [3.05, 3.63) is 6.07 Å². The molecule has 1 fully saturated rings. The van der Waals surface area contributed by atoms with Gasteiger partial charge in [-0.05, 0) is 19.1 Å². The van der Waals surface area contributed by atoms with Crippen molar-refractivity contribution in [2.24, 2.45) is 0 Å². The van der Waals surface area contributed by atoms with Gasteiger partial charge in [-0.3, -0.25) is 0 Å². The van der Waals surface area contributed by atoms with E-state index in [1.165, 1.54) is 0 Å². The second-order valence-electron chi connectivity index (χ2n) is 4.29. The minimum absolute atomic E-state index is 0.310. The molecule has 18 heavy (non-hydrogen) atoms. The van der Waals surface area contributed by atoms with Crippen molar-refractivity contribution in [3.63, 3.8) is 0 Å². The van der Waals surface area contributed by atoms with E-state index in [1.807, 2.05) is 19.4 Å². The minimum atomic E-state index is 0.310. The Bertz CT molecular complexity index is 379. The molecule has 1 aromatic heterocycles. The van der Waals surface area contributed by atoms with Crippen molar-refractivity contribution < 1.29 is 4.74 Å². The number of nitrogens with zero attached hydrogens (tertiary/aromatic N) is 3. The van der Waals surface area contributed by atoms with Gasteiger partial charge in [-0.15, -0.1) is 0 Å². The van der Waals surface area contributed by atoms with E-state index in [2.05, 4.69) is 20.2 Å². The molecule has 2 rings (SSSR count). The molecule has 0 radical (unpaired) electrons. The van der Waals surface area contributed by atoms with Gasteiger partial charge in [0.1, 0.15) is 11.6 Å². The molecule has 0 bridgehead atoms. The van der Waals surface area contributed by atoms with Gasteiger partial charge >= 0.3 is 0 Å². The molecule has 0 saturated carbocycles. The maximum atomic E-state index is 5.45. The third kappa shape index (κ3) is 3.05. The molecule has 1 aliphatic rings. The van der Waals surface area contributed by atoms with Crippen molar-refractivity contribution in [2.45, 2.75) is 24.1 Å². The summed E-state index contributed by atoms with van der Waals surface area (Å²) >= 11 is 1.56. The van der Waals surface area contributed by atoms with Crippen molar-refractivity contribution in [3.8, 4) is 0 Å². The van der Waals surface area contributed by atoms with E-state index < -0.39 is 0 Å². The lowest BCUT2D eigenvalue weighted by Gasteiger charge is -2.32. The van der Waals surface area contributed by atoms with Gasteiger partial charge in [-0.25, -0.2) is 9.97 Å². The van der Waals surface area contributed by atoms with E-state index in [1.54, 1.807) is 18.9 Å². The molecule has 1 saturated heterocycles. The highest BCUT2D eigenvalue weighted by Crippen LogP contribution is 2.23. The van der Waals surface area contributed by atoms with E-state index in [0.717, 1.165) is 42.7 Å². The Labute approximate surface area is 112 Å². The molecule has 1 N–H and O–H groups in total. The van der Waals surface area contributed by atoms with Crippen molar-refractivity contribution in [1.82, 2.24) is 9.97 Å². The standard InChI is InChI=1S/C12H20N4OS/c1-13-10-7-11(15-12(14-10)18-3)16-6-4-5-9(8-16)17-2/h7,9H,4-6,8H2,1-3H3,(H,13,14,15). The largest absolute Gasteiger partial charge is 0.380 e. The number of ether oxygens (including phenoxy) is 1. The van der Waals surface area contributed by atoms with Crippen molar-refractivity contribution in [1.29, 1.82) is 0 Å². The third-order valence-electron chi connectivity index (χ3n) is 3.17. The zero-order chi connectivity index (χ0) is 13.0. The number of rotatable bonds is 4. The number of thioether (sulfide) groups is 1. The zero-order valence-corrected chi connectivity index (χ0v) is 12.0. The van der Waals surface area contributed by atoms with E-state index in [9.17, 15) is 0 Å². The summed E-state index contributed by atoms with van der Waals surface area (Å²) in [7, 11) is 3.66. The molecular weight excluding hydrogens is 248 g/mol. The molecule has 1 atom stereocenters. The summed E-state index contributed by atoms with van der Waals surface area (Å²) in [6.45, 7) is 1.94. The minimum Gasteiger partial charge on any atom is -0.380 e. The van der Waals surface area contributed by atoms with E-state index in [-0.39, 0.29) is 0 Å². The molecule has 100 valence electrons. The van der Waals surface area contributed by atoms with Crippen LogP contribution >= 0.6 is 11.8 Å². The summed E-state index contributed by atoms with van der Waals surface area (Å²) in [6, 6.07) is 2.00. The Hall–Kier alpha value is -1.01. The molecule has 1 unspecified atom stereocenters. The first-order valence-electron chi connectivity index (χ1n) is 6.15. The van der Waals surface area contributed by atoms with Gasteiger partial charge in [0.25, 0.3) is 0 Å². The highest BCUT2D eigenvalue weighted by molar-refractivity contribution is 7.98. The summed E-state index contributed by atoms with van der Waals surface area (Å²) < 4.78 is 5.45. The fourth-order valence-corrected chi connectivity index (χ4v) is 2.51. The molecule has 5 nitrogen and oxygen atoms in total. The number of piperidine rings is 1. The summed E-state index contributed by atoms with van der Waals surface area (Å²) in [5, 5.41) is 3.89. The Balaban J connectivity index is 2.20. The topological polar surface area (TPSA) is 50.3 Å².